The van der Waals surface area contributed by atoms with Crippen molar-refractivity contribution >= 4 is 37.6 Å². The molecule has 0 aliphatic rings. The number of rotatable bonds is 5. The molecule has 0 aromatic heterocycles. The second kappa shape index (κ2) is 6.52. The van der Waals surface area contributed by atoms with E-state index in [0.29, 0.717) is 0 Å². The fourth-order valence-corrected chi connectivity index (χ4v) is 2.95. The summed E-state index contributed by atoms with van der Waals surface area (Å²) in [5, 5.41) is 8.57. The highest BCUT2D eigenvalue weighted by Gasteiger charge is 2.24. The van der Waals surface area contributed by atoms with Crippen LogP contribution in [0.15, 0.2) is 21.5 Å². The Morgan fingerprint density at radius 3 is 2.43 bits per heavy atom. The number of carbonyl (C=O) groups excluding carboxylic acids is 1. The number of hydrogen-bond acceptors (Lipinski definition) is 4. The number of sulfone groups is 1. The predicted octanol–water partition coefficient (Wildman–Crippen LogP) is 1.54. The Bertz CT molecular complexity index is 689. The number of halogens is 2. The van der Waals surface area contributed by atoms with Crippen molar-refractivity contribution in [2.24, 2.45) is 0 Å². The lowest BCUT2D eigenvalue weighted by molar-refractivity contribution is -0.137. The molecule has 9 heteroatoms. The molecule has 1 aromatic rings. The fourth-order valence-electron chi connectivity index (χ4n) is 1.56. The van der Waals surface area contributed by atoms with E-state index >= 15 is 0 Å². The largest absolute Gasteiger partial charge is 0.481 e. The number of carbonyl (C=O) groups is 2. The van der Waals surface area contributed by atoms with E-state index in [2.05, 4.69) is 15.9 Å². The molecule has 0 bridgehead atoms. The molecular weight excluding hydrogens is 369 g/mol. The van der Waals surface area contributed by atoms with E-state index in [1.807, 2.05) is 0 Å². The van der Waals surface area contributed by atoms with Crippen LogP contribution in [0.2, 0.25) is 0 Å². The van der Waals surface area contributed by atoms with Gasteiger partial charge in [0.05, 0.1) is 12.0 Å². The molecule has 0 spiro atoms. The van der Waals surface area contributed by atoms with Gasteiger partial charge in [0.25, 0.3) is 5.91 Å². The minimum atomic E-state index is -3.83. The highest BCUT2D eigenvalue weighted by atomic mass is 79.9. The average Bonchev–Trinajstić information content (AvgIpc) is 2.36. The van der Waals surface area contributed by atoms with Crippen molar-refractivity contribution in [1.29, 1.82) is 0 Å². The summed E-state index contributed by atoms with van der Waals surface area (Å²) in [5.41, 5.74) is -0.433. The molecule has 0 heterocycles. The lowest BCUT2D eigenvalue weighted by Gasteiger charge is -2.17. The second-order valence-corrected chi connectivity index (χ2v) is 7.31. The predicted molar refractivity (Wildman–Crippen MR) is 76.4 cm³/mol. The van der Waals surface area contributed by atoms with Crippen LogP contribution >= 0.6 is 15.9 Å². The van der Waals surface area contributed by atoms with E-state index in [1.54, 1.807) is 0 Å². The van der Waals surface area contributed by atoms with Gasteiger partial charge in [-0.3, -0.25) is 9.59 Å². The summed E-state index contributed by atoms with van der Waals surface area (Å²) < 4.78 is 37.4. The third kappa shape index (κ3) is 4.50. The average molecular weight is 382 g/mol. The van der Waals surface area contributed by atoms with Crippen molar-refractivity contribution in [1.82, 2.24) is 4.90 Å². The van der Waals surface area contributed by atoms with Gasteiger partial charge in [-0.1, -0.05) is 15.9 Å². The van der Waals surface area contributed by atoms with Crippen LogP contribution in [-0.4, -0.2) is 50.1 Å². The van der Waals surface area contributed by atoms with E-state index in [9.17, 15) is 22.4 Å². The number of carboxylic acid groups (broad SMARTS) is 1. The topological polar surface area (TPSA) is 91.8 Å². The van der Waals surface area contributed by atoms with Crippen molar-refractivity contribution in [2.45, 2.75) is 11.3 Å². The molecule has 0 radical (unpaired) electrons. The van der Waals surface area contributed by atoms with Gasteiger partial charge in [0, 0.05) is 24.3 Å². The fraction of sp³-hybridized carbons (Fsp3) is 0.333. The van der Waals surface area contributed by atoms with Gasteiger partial charge >= 0.3 is 5.97 Å². The van der Waals surface area contributed by atoms with Crippen LogP contribution in [0, 0.1) is 5.82 Å². The highest BCUT2D eigenvalue weighted by Crippen LogP contribution is 2.25. The lowest BCUT2D eigenvalue weighted by Crippen LogP contribution is -2.30. The SMILES string of the molecule is CN(CCC(=O)O)C(=O)c1cc(Br)cc(S(C)(=O)=O)c1F. The van der Waals surface area contributed by atoms with Gasteiger partial charge in [-0.25, -0.2) is 12.8 Å². The molecule has 0 atom stereocenters. The quantitative estimate of drug-likeness (QED) is 0.834. The molecular formula is C12H13BrFNO5S. The number of carboxylic acids is 1. The van der Waals surface area contributed by atoms with Crippen LogP contribution in [-0.2, 0) is 14.6 Å². The van der Waals surface area contributed by atoms with E-state index in [-0.39, 0.29) is 17.4 Å². The zero-order valence-corrected chi connectivity index (χ0v) is 13.7. The van der Waals surface area contributed by atoms with Crippen molar-refractivity contribution in [3.05, 3.63) is 28.0 Å². The Labute approximate surface area is 129 Å². The van der Waals surface area contributed by atoms with Gasteiger partial charge < -0.3 is 10.0 Å². The number of aliphatic carboxylic acids is 1. The van der Waals surface area contributed by atoms with Gasteiger partial charge in [-0.05, 0) is 12.1 Å². The normalized spacial score (nSPS) is 11.2. The second-order valence-electron chi connectivity index (χ2n) is 4.41. The molecule has 0 fully saturated rings. The molecule has 1 rings (SSSR count). The van der Waals surface area contributed by atoms with Crippen molar-refractivity contribution in [2.75, 3.05) is 19.8 Å². The van der Waals surface area contributed by atoms with E-state index < -0.39 is 38.0 Å². The third-order valence-corrected chi connectivity index (χ3v) is 4.20. The maximum absolute atomic E-state index is 14.2. The third-order valence-electron chi connectivity index (χ3n) is 2.64. The Balaban J connectivity index is 3.22. The van der Waals surface area contributed by atoms with Crippen LogP contribution in [0.4, 0.5) is 4.39 Å². The molecule has 1 N–H and O–H groups in total. The summed E-state index contributed by atoms with van der Waals surface area (Å²) in [5.74, 6) is -3.03. The molecule has 0 saturated heterocycles. The molecule has 0 aliphatic heterocycles. The molecule has 116 valence electrons. The Kier molecular flexibility index (Phi) is 5.46. The first-order valence-electron chi connectivity index (χ1n) is 5.70. The number of benzene rings is 1. The van der Waals surface area contributed by atoms with E-state index in [1.165, 1.54) is 7.05 Å². The summed E-state index contributed by atoms with van der Waals surface area (Å²) in [4.78, 5) is 23.0. The van der Waals surface area contributed by atoms with E-state index in [4.69, 9.17) is 5.11 Å². The monoisotopic (exact) mass is 381 g/mol. The highest BCUT2D eigenvalue weighted by molar-refractivity contribution is 9.10. The smallest absolute Gasteiger partial charge is 0.305 e. The zero-order chi connectivity index (χ0) is 16.4. The van der Waals surface area contributed by atoms with E-state index in [0.717, 1.165) is 23.3 Å². The van der Waals surface area contributed by atoms with Gasteiger partial charge in [-0.15, -0.1) is 0 Å². The van der Waals surface area contributed by atoms with Crippen LogP contribution in [0.5, 0.6) is 0 Å². The first kappa shape index (κ1) is 17.6. The molecule has 1 amide bonds. The van der Waals surface area contributed by atoms with Crippen molar-refractivity contribution in [3.63, 3.8) is 0 Å². The van der Waals surface area contributed by atoms with Gasteiger partial charge in [-0.2, -0.15) is 0 Å². The summed E-state index contributed by atoms with van der Waals surface area (Å²) in [6, 6.07) is 2.22. The van der Waals surface area contributed by atoms with Crippen LogP contribution in [0.25, 0.3) is 0 Å². The molecule has 0 aliphatic carbocycles. The maximum atomic E-state index is 14.2. The molecule has 0 saturated carbocycles. The van der Waals surface area contributed by atoms with Gasteiger partial charge in [0.15, 0.2) is 15.7 Å². The van der Waals surface area contributed by atoms with Crippen LogP contribution in [0.1, 0.15) is 16.8 Å². The number of amides is 1. The molecule has 21 heavy (non-hydrogen) atoms. The molecule has 6 nitrogen and oxygen atoms in total. The van der Waals surface area contributed by atoms with Crippen molar-refractivity contribution < 1.29 is 27.5 Å². The summed E-state index contributed by atoms with van der Waals surface area (Å²) in [6.45, 7) is -0.117. The minimum Gasteiger partial charge on any atom is -0.481 e. The standard InChI is InChI=1S/C12H13BrFNO5S/c1-15(4-3-10(16)17)12(18)8-5-7(13)6-9(11(8)14)21(2,19)20/h5-6H,3-4H2,1-2H3,(H,16,17). The lowest BCUT2D eigenvalue weighted by atomic mass is 10.2. The zero-order valence-electron chi connectivity index (χ0n) is 11.3. The first-order chi connectivity index (χ1) is 9.54. The summed E-state index contributed by atoms with van der Waals surface area (Å²) in [7, 11) is -2.52. The number of nitrogens with zero attached hydrogens (tertiary/aromatic N) is 1. The Morgan fingerprint density at radius 2 is 1.95 bits per heavy atom. The summed E-state index contributed by atoms with van der Waals surface area (Å²) in [6.07, 6.45) is 0.539. The Hall–Kier alpha value is -1.48. The minimum absolute atomic E-state index is 0.117. The summed E-state index contributed by atoms with van der Waals surface area (Å²) >= 11 is 3.02. The van der Waals surface area contributed by atoms with Crippen LogP contribution in [0.3, 0.4) is 0 Å². The molecule has 1 aromatic carbocycles. The van der Waals surface area contributed by atoms with Gasteiger partial charge in [0.2, 0.25) is 0 Å². The van der Waals surface area contributed by atoms with Crippen LogP contribution < -0.4 is 0 Å². The van der Waals surface area contributed by atoms with Gasteiger partial charge in [0.1, 0.15) is 4.90 Å². The molecule has 0 unspecified atom stereocenters. The maximum Gasteiger partial charge on any atom is 0.305 e. The number of hydrogen-bond donors (Lipinski definition) is 1. The Morgan fingerprint density at radius 1 is 1.38 bits per heavy atom. The van der Waals surface area contributed by atoms with Crippen molar-refractivity contribution in [3.8, 4) is 0 Å². The first-order valence-corrected chi connectivity index (χ1v) is 8.39.